The molecule has 4 heteroatoms. The SMILES string of the molecule is Cc1cc(C)cc(-n2nc(CS)c(=O)cc2C)c1. The topological polar surface area (TPSA) is 34.9 Å². The first-order valence-corrected chi connectivity index (χ1v) is 6.44. The highest BCUT2D eigenvalue weighted by atomic mass is 32.1. The predicted octanol–water partition coefficient (Wildman–Crippen LogP) is 2.59. The van der Waals surface area contributed by atoms with Crippen LogP contribution in [0.15, 0.2) is 29.1 Å². The third-order valence-corrected chi connectivity index (χ3v) is 3.08. The minimum absolute atomic E-state index is 0.0527. The molecule has 0 spiro atoms. The van der Waals surface area contributed by atoms with Crippen LogP contribution in [0, 0.1) is 20.8 Å². The van der Waals surface area contributed by atoms with Crippen molar-refractivity contribution in [1.29, 1.82) is 0 Å². The number of thiol groups is 1. The average Bonchev–Trinajstić information content (AvgIpc) is 2.27. The van der Waals surface area contributed by atoms with Crippen molar-refractivity contribution < 1.29 is 0 Å². The van der Waals surface area contributed by atoms with E-state index in [1.165, 1.54) is 11.1 Å². The molecule has 2 rings (SSSR count). The molecule has 1 aromatic heterocycles. The van der Waals surface area contributed by atoms with E-state index in [1.54, 1.807) is 10.7 Å². The molecule has 0 bridgehead atoms. The molecule has 0 N–H and O–H groups in total. The molecule has 0 aliphatic heterocycles. The second kappa shape index (κ2) is 4.98. The van der Waals surface area contributed by atoms with Crippen LogP contribution in [-0.2, 0) is 5.75 Å². The third kappa shape index (κ3) is 2.48. The van der Waals surface area contributed by atoms with Gasteiger partial charge in [0.25, 0.3) is 0 Å². The van der Waals surface area contributed by atoms with Gasteiger partial charge in [-0.05, 0) is 44.0 Å². The van der Waals surface area contributed by atoms with E-state index in [0.29, 0.717) is 11.4 Å². The van der Waals surface area contributed by atoms with Gasteiger partial charge in [0.15, 0.2) is 0 Å². The lowest BCUT2D eigenvalue weighted by Gasteiger charge is -2.12. The molecule has 0 unspecified atom stereocenters. The zero-order valence-corrected chi connectivity index (χ0v) is 11.7. The monoisotopic (exact) mass is 260 g/mol. The summed E-state index contributed by atoms with van der Waals surface area (Å²) in [7, 11) is 0. The molecular formula is C14H16N2OS. The fourth-order valence-corrected chi connectivity index (χ4v) is 2.25. The van der Waals surface area contributed by atoms with Crippen LogP contribution in [0.25, 0.3) is 5.69 Å². The van der Waals surface area contributed by atoms with Crippen molar-refractivity contribution >= 4 is 12.6 Å². The summed E-state index contributed by atoms with van der Waals surface area (Å²) in [5.41, 5.74) is 4.59. The van der Waals surface area contributed by atoms with E-state index in [9.17, 15) is 4.79 Å². The summed E-state index contributed by atoms with van der Waals surface area (Å²) in [6.07, 6.45) is 0. The summed E-state index contributed by atoms with van der Waals surface area (Å²) in [4.78, 5) is 11.7. The average molecular weight is 260 g/mol. The molecule has 0 radical (unpaired) electrons. The summed E-state index contributed by atoms with van der Waals surface area (Å²) in [5, 5.41) is 4.37. The van der Waals surface area contributed by atoms with Gasteiger partial charge < -0.3 is 0 Å². The van der Waals surface area contributed by atoms with Gasteiger partial charge in [-0.1, -0.05) is 6.07 Å². The van der Waals surface area contributed by atoms with Crippen LogP contribution >= 0.6 is 12.6 Å². The highest BCUT2D eigenvalue weighted by Crippen LogP contribution is 2.14. The van der Waals surface area contributed by atoms with E-state index >= 15 is 0 Å². The van der Waals surface area contributed by atoms with E-state index in [1.807, 2.05) is 20.8 Å². The number of hydrogen-bond donors (Lipinski definition) is 1. The number of benzene rings is 1. The zero-order valence-electron chi connectivity index (χ0n) is 10.8. The predicted molar refractivity (Wildman–Crippen MR) is 76.7 cm³/mol. The molecule has 18 heavy (non-hydrogen) atoms. The quantitative estimate of drug-likeness (QED) is 0.842. The molecule has 0 fully saturated rings. The molecule has 0 aliphatic rings. The molecule has 94 valence electrons. The largest absolute Gasteiger partial charge is 0.288 e. The van der Waals surface area contributed by atoms with E-state index in [0.717, 1.165) is 11.4 Å². The Balaban J connectivity index is 2.66. The lowest BCUT2D eigenvalue weighted by molar-refractivity contribution is 0.772. The molecule has 3 nitrogen and oxygen atoms in total. The van der Waals surface area contributed by atoms with Gasteiger partial charge in [0.05, 0.1) is 5.69 Å². The second-order valence-electron chi connectivity index (χ2n) is 4.51. The summed E-state index contributed by atoms with van der Waals surface area (Å²) < 4.78 is 1.80. The van der Waals surface area contributed by atoms with Crippen molar-refractivity contribution in [3.05, 3.63) is 57.0 Å². The van der Waals surface area contributed by atoms with Crippen molar-refractivity contribution in [1.82, 2.24) is 9.78 Å². The van der Waals surface area contributed by atoms with Crippen LogP contribution in [0.1, 0.15) is 22.5 Å². The smallest absolute Gasteiger partial charge is 0.204 e. The number of aromatic nitrogens is 2. The summed E-state index contributed by atoms with van der Waals surface area (Å²) in [6.45, 7) is 5.98. The highest BCUT2D eigenvalue weighted by Gasteiger charge is 2.07. The van der Waals surface area contributed by atoms with Crippen LogP contribution in [-0.4, -0.2) is 9.78 Å². The van der Waals surface area contributed by atoms with Gasteiger partial charge >= 0.3 is 0 Å². The van der Waals surface area contributed by atoms with Crippen LogP contribution in [0.5, 0.6) is 0 Å². The highest BCUT2D eigenvalue weighted by molar-refractivity contribution is 7.79. The number of aryl methyl sites for hydroxylation is 3. The van der Waals surface area contributed by atoms with Gasteiger partial charge in [0.2, 0.25) is 5.43 Å². The molecule has 1 heterocycles. The molecule has 0 saturated heterocycles. The normalized spacial score (nSPS) is 10.7. The fraction of sp³-hybridized carbons (Fsp3) is 0.286. The number of rotatable bonds is 2. The van der Waals surface area contributed by atoms with Gasteiger partial charge in [-0.15, -0.1) is 0 Å². The van der Waals surface area contributed by atoms with Crippen molar-refractivity contribution in [2.24, 2.45) is 0 Å². The van der Waals surface area contributed by atoms with E-state index in [4.69, 9.17) is 0 Å². The fourth-order valence-electron chi connectivity index (χ4n) is 2.03. The maximum Gasteiger partial charge on any atom is 0.204 e. The molecule has 0 saturated carbocycles. The Morgan fingerprint density at radius 1 is 1.11 bits per heavy atom. The van der Waals surface area contributed by atoms with Crippen LogP contribution < -0.4 is 5.43 Å². The molecule has 1 aromatic carbocycles. The number of hydrogen-bond acceptors (Lipinski definition) is 3. The van der Waals surface area contributed by atoms with E-state index < -0.39 is 0 Å². The molecular weight excluding hydrogens is 244 g/mol. The molecule has 0 atom stereocenters. The maximum atomic E-state index is 11.7. The lowest BCUT2D eigenvalue weighted by atomic mass is 10.1. The van der Waals surface area contributed by atoms with Gasteiger partial charge in [-0.3, -0.25) is 4.79 Å². The summed E-state index contributed by atoms with van der Waals surface area (Å²) in [5.74, 6) is 0.351. The van der Waals surface area contributed by atoms with Crippen LogP contribution in [0.3, 0.4) is 0 Å². The summed E-state index contributed by atoms with van der Waals surface area (Å²) in [6, 6.07) is 7.83. The number of nitrogens with zero attached hydrogens (tertiary/aromatic N) is 2. The second-order valence-corrected chi connectivity index (χ2v) is 4.83. The van der Waals surface area contributed by atoms with E-state index in [2.05, 4.69) is 35.9 Å². The maximum absolute atomic E-state index is 11.7. The summed E-state index contributed by atoms with van der Waals surface area (Å²) >= 11 is 4.14. The molecule has 0 aliphatic carbocycles. The van der Waals surface area contributed by atoms with Crippen molar-refractivity contribution in [3.8, 4) is 5.69 Å². The first-order valence-electron chi connectivity index (χ1n) is 5.80. The Bertz CT molecular complexity index is 626. The van der Waals surface area contributed by atoms with Gasteiger partial charge in [-0.25, -0.2) is 4.68 Å². The van der Waals surface area contributed by atoms with Crippen molar-refractivity contribution in [3.63, 3.8) is 0 Å². The van der Waals surface area contributed by atoms with E-state index in [-0.39, 0.29) is 5.43 Å². The Morgan fingerprint density at radius 2 is 1.72 bits per heavy atom. The Labute approximate surface area is 112 Å². The minimum atomic E-state index is -0.0527. The first kappa shape index (κ1) is 12.9. The Morgan fingerprint density at radius 3 is 2.28 bits per heavy atom. The van der Waals surface area contributed by atoms with Crippen molar-refractivity contribution in [2.45, 2.75) is 26.5 Å². The van der Waals surface area contributed by atoms with Crippen LogP contribution in [0.4, 0.5) is 0 Å². The zero-order chi connectivity index (χ0) is 13.3. The van der Waals surface area contributed by atoms with Gasteiger partial charge in [0.1, 0.15) is 5.69 Å². The van der Waals surface area contributed by atoms with Crippen LogP contribution in [0.2, 0.25) is 0 Å². The first-order chi connectivity index (χ1) is 8.51. The molecule has 0 amide bonds. The van der Waals surface area contributed by atoms with Gasteiger partial charge in [-0.2, -0.15) is 17.7 Å². The Kier molecular flexibility index (Phi) is 3.57. The Hall–Kier alpha value is -1.55. The lowest BCUT2D eigenvalue weighted by Crippen LogP contribution is -2.17. The van der Waals surface area contributed by atoms with Crippen molar-refractivity contribution in [2.75, 3.05) is 0 Å². The third-order valence-electron chi connectivity index (χ3n) is 2.78. The van der Waals surface area contributed by atoms with Gasteiger partial charge in [0, 0.05) is 17.5 Å². The standard InChI is InChI=1S/C14H16N2OS/c1-9-4-10(2)6-12(5-9)16-11(3)7-14(17)13(8-18)15-16/h4-7,18H,8H2,1-3H3. The minimum Gasteiger partial charge on any atom is -0.288 e. The molecule has 2 aromatic rings.